The summed E-state index contributed by atoms with van der Waals surface area (Å²) in [6, 6.07) is 49.7. The van der Waals surface area contributed by atoms with Crippen LogP contribution < -0.4 is 37.1 Å². The summed E-state index contributed by atoms with van der Waals surface area (Å²) in [4.78, 5) is 71.2. The van der Waals surface area contributed by atoms with Crippen molar-refractivity contribution < 1.29 is 38.2 Å². The highest BCUT2D eigenvalue weighted by Crippen LogP contribution is 2.49. The van der Waals surface area contributed by atoms with Crippen LogP contribution >= 0.6 is 11.8 Å². The number of methoxy groups -OCH3 is 1. The van der Waals surface area contributed by atoms with Gasteiger partial charge in [-0.25, -0.2) is 9.59 Å². The van der Waals surface area contributed by atoms with Gasteiger partial charge in [-0.15, -0.1) is 11.8 Å². The third-order valence-electron chi connectivity index (χ3n) is 13.8. The third kappa shape index (κ3) is 16.2. The summed E-state index contributed by atoms with van der Waals surface area (Å²) < 4.78 is 16.2. The Morgan fingerprint density at radius 2 is 1.11 bits per heavy atom. The first kappa shape index (κ1) is 59.0. The maximum Gasteiger partial charge on any atom is 0.407 e. The minimum absolute atomic E-state index is 0.000264. The average molecular weight is 1090 g/mol. The van der Waals surface area contributed by atoms with Crippen molar-refractivity contribution in [2.24, 2.45) is 11.7 Å². The second-order valence-corrected chi connectivity index (χ2v) is 22.5. The summed E-state index contributed by atoms with van der Waals surface area (Å²) in [6.07, 6.45) is 0.340. The largest absolute Gasteiger partial charge is 0.497 e. The zero-order chi connectivity index (χ0) is 56.4. The Labute approximate surface area is 469 Å². The molecule has 0 spiro atoms. The molecule has 0 unspecified atom stereocenters. The Kier molecular flexibility index (Phi) is 21.2. The Morgan fingerprint density at radius 1 is 0.595 bits per heavy atom. The fraction of sp³-hybridized carbons (Fsp3) is 0.359. The number of thioether (sulfide) groups is 1. The number of fused-ring (bicyclic) bond motifs is 3. The lowest BCUT2D eigenvalue weighted by Crippen LogP contribution is -2.58. The molecule has 1 aliphatic carbocycles. The first-order valence-electron chi connectivity index (χ1n) is 27.2. The van der Waals surface area contributed by atoms with Crippen LogP contribution in [-0.2, 0) is 35.0 Å². The Bertz CT molecular complexity index is 2850. The summed E-state index contributed by atoms with van der Waals surface area (Å²) in [6.45, 7) is 9.67. The molecule has 4 atom stereocenters. The van der Waals surface area contributed by atoms with Crippen molar-refractivity contribution >= 4 is 41.7 Å². The molecule has 0 aliphatic heterocycles. The smallest absolute Gasteiger partial charge is 0.407 e. The number of amides is 5. The van der Waals surface area contributed by atoms with E-state index < -0.39 is 64.4 Å². The zero-order valence-corrected chi connectivity index (χ0v) is 47.0. The maximum atomic E-state index is 15.3. The number of hydrogen-bond donors (Lipinski definition) is 6. The summed E-state index contributed by atoms with van der Waals surface area (Å²) >= 11 is 1.45. The summed E-state index contributed by atoms with van der Waals surface area (Å²) in [5.74, 6) is -1.21. The molecule has 1 aliphatic rings. The van der Waals surface area contributed by atoms with Crippen molar-refractivity contribution in [1.82, 2.24) is 26.6 Å². The van der Waals surface area contributed by atoms with Crippen LogP contribution in [0, 0.1) is 5.92 Å². The van der Waals surface area contributed by atoms with E-state index in [1.165, 1.54) is 11.8 Å². The lowest BCUT2D eigenvalue weighted by molar-refractivity contribution is -0.133. The van der Waals surface area contributed by atoms with E-state index in [1.54, 1.807) is 27.9 Å². The van der Waals surface area contributed by atoms with E-state index in [2.05, 4.69) is 38.7 Å². The fourth-order valence-electron chi connectivity index (χ4n) is 9.98. The summed E-state index contributed by atoms with van der Waals surface area (Å²) in [5, 5.41) is 14.8. The number of benzene rings is 6. The lowest BCUT2D eigenvalue weighted by atomic mass is 9.84. The van der Waals surface area contributed by atoms with Gasteiger partial charge in [-0.3, -0.25) is 14.4 Å². The third-order valence-corrected chi connectivity index (χ3v) is 15.4. The van der Waals surface area contributed by atoms with Crippen molar-refractivity contribution in [2.75, 3.05) is 32.6 Å². The van der Waals surface area contributed by atoms with Gasteiger partial charge in [0, 0.05) is 30.8 Å². The van der Waals surface area contributed by atoms with Gasteiger partial charge in [-0.05, 0) is 115 Å². The van der Waals surface area contributed by atoms with Crippen LogP contribution in [0.15, 0.2) is 164 Å². The van der Waals surface area contributed by atoms with Gasteiger partial charge < -0.3 is 46.5 Å². The quantitative estimate of drug-likeness (QED) is 0.0224. The average Bonchev–Trinajstić information content (AvgIpc) is 4.03. The van der Waals surface area contributed by atoms with Gasteiger partial charge in [0.05, 0.1) is 11.9 Å². The van der Waals surface area contributed by atoms with E-state index in [1.807, 2.05) is 166 Å². The van der Waals surface area contributed by atoms with Crippen molar-refractivity contribution in [2.45, 2.75) is 107 Å². The predicted octanol–water partition coefficient (Wildman–Crippen LogP) is 10.0. The monoisotopic (exact) mass is 1090 g/mol. The van der Waals surface area contributed by atoms with Crippen molar-refractivity contribution in [1.29, 1.82) is 0 Å². The van der Waals surface area contributed by atoms with Gasteiger partial charge in [0.15, 0.2) is 0 Å². The minimum atomic E-state index is -1.27. The van der Waals surface area contributed by atoms with Crippen LogP contribution in [0.25, 0.3) is 11.1 Å². The molecule has 79 heavy (non-hydrogen) atoms. The molecular weight excluding hydrogens is 1010 g/mol. The number of ether oxygens (including phenoxy) is 3. The lowest BCUT2D eigenvalue weighted by Gasteiger charge is -2.36. The van der Waals surface area contributed by atoms with Crippen LogP contribution in [0.4, 0.5) is 9.59 Å². The van der Waals surface area contributed by atoms with Crippen LogP contribution in [0.2, 0.25) is 0 Å². The molecular formula is C64H76N6O8S. The van der Waals surface area contributed by atoms with E-state index >= 15 is 4.79 Å². The highest BCUT2D eigenvalue weighted by molar-refractivity contribution is 8.00. The number of unbranched alkanes of at least 4 members (excludes halogenated alkanes) is 1. The molecule has 0 radical (unpaired) electrons. The van der Waals surface area contributed by atoms with Crippen molar-refractivity contribution in [3.8, 4) is 16.9 Å². The molecule has 7 rings (SSSR count). The van der Waals surface area contributed by atoms with E-state index in [-0.39, 0.29) is 43.7 Å². The van der Waals surface area contributed by atoms with E-state index in [0.29, 0.717) is 31.4 Å². The molecule has 416 valence electrons. The van der Waals surface area contributed by atoms with Crippen LogP contribution in [0.5, 0.6) is 5.75 Å². The van der Waals surface area contributed by atoms with Gasteiger partial charge in [0.1, 0.15) is 36.1 Å². The zero-order valence-electron chi connectivity index (χ0n) is 46.2. The van der Waals surface area contributed by atoms with Crippen LogP contribution in [0.3, 0.4) is 0 Å². The topological polar surface area (TPSA) is 199 Å². The number of nitrogens with two attached hydrogens (primary N) is 1. The van der Waals surface area contributed by atoms with E-state index in [9.17, 15) is 19.2 Å². The van der Waals surface area contributed by atoms with Crippen LogP contribution in [0.1, 0.15) is 99.6 Å². The van der Waals surface area contributed by atoms with Crippen molar-refractivity contribution in [3.05, 3.63) is 197 Å². The molecule has 6 aromatic carbocycles. The number of alkyl carbamates (subject to hydrolysis) is 2. The molecule has 7 N–H and O–H groups in total. The molecule has 0 fully saturated rings. The Morgan fingerprint density at radius 3 is 1.67 bits per heavy atom. The Hall–Kier alpha value is -7.62. The molecule has 0 aromatic heterocycles. The number of nitrogens with one attached hydrogen (secondary N) is 5. The van der Waals surface area contributed by atoms with Gasteiger partial charge in [-0.1, -0.05) is 166 Å². The molecule has 14 nitrogen and oxygen atoms in total. The van der Waals surface area contributed by atoms with Gasteiger partial charge >= 0.3 is 12.2 Å². The predicted molar refractivity (Wildman–Crippen MR) is 313 cm³/mol. The second kappa shape index (κ2) is 28.3. The number of carbonyl (C=O) groups excluding carboxylic acids is 5. The normalized spacial score (nSPS) is 13.6. The number of rotatable bonds is 26. The first-order valence-corrected chi connectivity index (χ1v) is 28.2. The van der Waals surface area contributed by atoms with Gasteiger partial charge in [-0.2, -0.15) is 0 Å². The van der Waals surface area contributed by atoms with Crippen LogP contribution in [-0.4, -0.2) is 92.2 Å². The molecule has 0 bridgehead atoms. The highest BCUT2D eigenvalue weighted by Gasteiger charge is 2.40. The second-order valence-electron chi connectivity index (χ2n) is 21.3. The molecule has 0 saturated heterocycles. The standard InChI is InChI=1S/C64H76N6O8S/c1-43(2)38-56(59(72)67-48(40-65)39-44-22-10-7-11-23-44)69-58(71)55(32-20-21-37-66-61(74)78-63(3,4)5)68-60(73)57(70-62(75)77-41-54-52-30-18-16-28-50(52)51-29-17-19-31-53(51)54)42-79-64(45-24-12-8-13-25-45,46-26-14-9-15-27-46)47-33-35-49(76-6)36-34-47/h7-19,22-31,33-36,43,48,54-57H,20-21,32,37-42,65H2,1-6H3,(H,66,74)(H,67,72)(H,68,73)(H,69,71)(H,70,75)/t48-,55-,56-,57-/m0/s1. The molecule has 6 aromatic rings. The van der Waals surface area contributed by atoms with Gasteiger partial charge in [0.2, 0.25) is 17.7 Å². The fourth-order valence-corrected chi connectivity index (χ4v) is 11.5. The molecule has 0 heterocycles. The van der Waals surface area contributed by atoms with Crippen molar-refractivity contribution in [3.63, 3.8) is 0 Å². The summed E-state index contributed by atoms with van der Waals surface area (Å²) in [5.41, 5.74) is 13.4. The maximum absolute atomic E-state index is 15.3. The summed E-state index contributed by atoms with van der Waals surface area (Å²) in [7, 11) is 1.61. The minimum Gasteiger partial charge on any atom is -0.497 e. The first-order chi connectivity index (χ1) is 38.1. The van der Waals surface area contributed by atoms with E-state index in [4.69, 9.17) is 19.9 Å². The molecule has 0 saturated carbocycles. The van der Waals surface area contributed by atoms with E-state index in [0.717, 1.165) is 44.5 Å². The van der Waals surface area contributed by atoms with Gasteiger partial charge in [0.25, 0.3) is 0 Å². The molecule has 5 amide bonds. The number of carbonyl (C=O) groups is 5. The SMILES string of the molecule is COc1ccc(C(SC[C@H](NC(=O)OCC2c3ccccc3-c3ccccc32)C(=O)N[C@@H](CCCCNC(=O)OC(C)(C)C)C(=O)N[C@@H](CC(C)C)C(=O)N[C@H](CN)Cc2ccccc2)(c2ccccc2)c2ccccc2)cc1. The number of hydrogen-bond acceptors (Lipinski definition) is 10. The Balaban J connectivity index is 1.20. The highest BCUT2D eigenvalue weighted by atomic mass is 32.2. The molecule has 15 heteroatoms.